The minimum atomic E-state index is -4.57. The molecule has 0 fully saturated rings. The Balaban J connectivity index is 1.57. The van der Waals surface area contributed by atoms with Gasteiger partial charge < -0.3 is 5.32 Å². The quantitative estimate of drug-likeness (QED) is 0.634. The molecule has 11 heteroatoms. The van der Waals surface area contributed by atoms with E-state index in [1.807, 2.05) is 0 Å². The molecule has 0 spiro atoms. The number of halogens is 4. The van der Waals surface area contributed by atoms with Crippen LogP contribution in [-0.2, 0) is 19.1 Å². The standard InChI is InChI=1S/C18H16F4N6O/c1-11-8-15(18(20,21)22)25-16(24-11)6-7-23-17(29)14-10-28(27-26-14)9-12-4-2-3-5-13(12)19/h2-5,8,10H,6-7,9H2,1H3,(H,23,29). The van der Waals surface area contributed by atoms with Crippen molar-refractivity contribution in [3.63, 3.8) is 0 Å². The van der Waals surface area contributed by atoms with Gasteiger partial charge in [-0.2, -0.15) is 13.2 Å². The molecule has 3 rings (SSSR count). The van der Waals surface area contributed by atoms with Crippen LogP contribution in [-0.4, -0.2) is 37.4 Å². The van der Waals surface area contributed by atoms with E-state index in [0.717, 1.165) is 6.07 Å². The molecule has 7 nitrogen and oxygen atoms in total. The summed E-state index contributed by atoms with van der Waals surface area (Å²) in [5, 5.41) is 10.0. The zero-order valence-corrected chi connectivity index (χ0v) is 15.2. The maximum Gasteiger partial charge on any atom is 0.433 e. The second-order valence-electron chi connectivity index (χ2n) is 6.21. The normalized spacial score (nSPS) is 11.5. The predicted octanol–water partition coefficient (Wildman–Crippen LogP) is 2.56. The van der Waals surface area contributed by atoms with Gasteiger partial charge in [-0.15, -0.1) is 5.10 Å². The summed E-state index contributed by atoms with van der Waals surface area (Å²) in [4.78, 5) is 19.6. The van der Waals surface area contributed by atoms with Crippen LogP contribution < -0.4 is 5.32 Å². The average Bonchev–Trinajstić information content (AvgIpc) is 3.11. The van der Waals surface area contributed by atoms with E-state index in [1.54, 1.807) is 18.2 Å². The molecule has 0 aliphatic heterocycles. The van der Waals surface area contributed by atoms with Gasteiger partial charge in [-0.3, -0.25) is 4.79 Å². The average molecular weight is 408 g/mol. The van der Waals surface area contributed by atoms with Crippen molar-refractivity contribution in [3.05, 3.63) is 70.8 Å². The molecule has 0 atom stereocenters. The SMILES string of the molecule is Cc1cc(C(F)(F)F)nc(CCNC(=O)c2cn(Cc3ccccc3F)nn2)n1. The summed E-state index contributed by atoms with van der Waals surface area (Å²) in [6.45, 7) is 1.55. The molecular weight excluding hydrogens is 392 g/mol. The zero-order valence-electron chi connectivity index (χ0n) is 15.2. The van der Waals surface area contributed by atoms with E-state index < -0.39 is 23.6 Å². The van der Waals surface area contributed by atoms with Crippen molar-refractivity contribution in [2.75, 3.05) is 6.54 Å². The third-order valence-electron chi connectivity index (χ3n) is 3.89. The first-order chi connectivity index (χ1) is 13.7. The lowest BCUT2D eigenvalue weighted by molar-refractivity contribution is -0.141. The second kappa shape index (κ2) is 8.33. The minimum Gasteiger partial charge on any atom is -0.350 e. The molecular formula is C18H16F4N6O. The van der Waals surface area contributed by atoms with Crippen LogP contribution in [0.25, 0.3) is 0 Å². The summed E-state index contributed by atoms with van der Waals surface area (Å²) < 4.78 is 53.4. The fraction of sp³-hybridized carbons (Fsp3) is 0.278. The molecule has 152 valence electrons. The molecule has 0 bridgehead atoms. The van der Waals surface area contributed by atoms with Crippen molar-refractivity contribution in [1.29, 1.82) is 0 Å². The molecule has 0 aliphatic carbocycles. The van der Waals surface area contributed by atoms with Crippen LogP contribution in [0.5, 0.6) is 0 Å². The molecule has 2 heterocycles. The first-order valence-electron chi connectivity index (χ1n) is 8.56. The Kier molecular flexibility index (Phi) is 5.85. The van der Waals surface area contributed by atoms with Crippen LogP contribution in [0.15, 0.2) is 36.5 Å². The highest BCUT2D eigenvalue weighted by atomic mass is 19.4. The van der Waals surface area contributed by atoms with Crippen molar-refractivity contribution in [1.82, 2.24) is 30.3 Å². The summed E-state index contributed by atoms with van der Waals surface area (Å²) in [6.07, 6.45) is -3.20. The van der Waals surface area contributed by atoms with Gasteiger partial charge in [0.1, 0.15) is 17.3 Å². The topological polar surface area (TPSA) is 85.6 Å². The van der Waals surface area contributed by atoms with Gasteiger partial charge in [0.05, 0.1) is 12.7 Å². The molecule has 0 saturated heterocycles. The fourth-order valence-corrected chi connectivity index (χ4v) is 2.55. The summed E-state index contributed by atoms with van der Waals surface area (Å²) in [7, 11) is 0. The fourth-order valence-electron chi connectivity index (χ4n) is 2.55. The number of alkyl halides is 3. The van der Waals surface area contributed by atoms with Crippen molar-refractivity contribution < 1.29 is 22.4 Å². The third-order valence-corrected chi connectivity index (χ3v) is 3.89. The molecule has 1 N–H and O–H groups in total. The van der Waals surface area contributed by atoms with E-state index in [1.165, 1.54) is 23.9 Å². The molecule has 1 aromatic carbocycles. The lowest BCUT2D eigenvalue weighted by atomic mass is 10.2. The van der Waals surface area contributed by atoms with Crippen LogP contribution in [0.4, 0.5) is 17.6 Å². The number of nitrogens with zero attached hydrogens (tertiary/aromatic N) is 5. The van der Waals surface area contributed by atoms with Crippen LogP contribution in [0.2, 0.25) is 0 Å². The van der Waals surface area contributed by atoms with Crippen LogP contribution in [0.1, 0.15) is 33.3 Å². The predicted molar refractivity (Wildman–Crippen MR) is 93.3 cm³/mol. The molecule has 0 radical (unpaired) electrons. The van der Waals surface area contributed by atoms with E-state index in [0.29, 0.717) is 5.56 Å². The van der Waals surface area contributed by atoms with E-state index in [9.17, 15) is 22.4 Å². The van der Waals surface area contributed by atoms with Crippen LogP contribution >= 0.6 is 0 Å². The van der Waals surface area contributed by atoms with Gasteiger partial charge in [-0.05, 0) is 19.1 Å². The maximum absolute atomic E-state index is 13.7. The van der Waals surface area contributed by atoms with Gasteiger partial charge in [0, 0.05) is 24.2 Å². The van der Waals surface area contributed by atoms with Gasteiger partial charge in [-0.1, -0.05) is 23.4 Å². The first-order valence-corrected chi connectivity index (χ1v) is 8.56. The number of rotatable bonds is 6. The Morgan fingerprint density at radius 2 is 1.97 bits per heavy atom. The number of amides is 1. The monoisotopic (exact) mass is 408 g/mol. The summed E-state index contributed by atoms with van der Waals surface area (Å²) >= 11 is 0. The number of nitrogens with one attached hydrogen (secondary N) is 1. The highest BCUT2D eigenvalue weighted by Gasteiger charge is 2.33. The van der Waals surface area contributed by atoms with Crippen molar-refractivity contribution >= 4 is 5.91 Å². The number of benzene rings is 1. The van der Waals surface area contributed by atoms with E-state index >= 15 is 0 Å². The Morgan fingerprint density at radius 3 is 2.69 bits per heavy atom. The molecule has 29 heavy (non-hydrogen) atoms. The highest BCUT2D eigenvalue weighted by Crippen LogP contribution is 2.27. The van der Waals surface area contributed by atoms with Crippen LogP contribution in [0, 0.1) is 12.7 Å². The maximum atomic E-state index is 13.7. The van der Waals surface area contributed by atoms with Crippen molar-refractivity contribution in [2.45, 2.75) is 26.1 Å². The lowest BCUT2D eigenvalue weighted by Gasteiger charge is -2.09. The lowest BCUT2D eigenvalue weighted by Crippen LogP contribution is -2.27. The summed E-state index contributed by atoms with van der Waals surface area (Å²) in [6, 6.07) is 7.01. The zero-order chi connectivity index (χ0) is 21.0. The van der Waals surface area contributed by atoms with Gasteiger partial charge in [0.15, 0.2) is 5.69 Å². The van der Waals surface area contributed by atoms with Gasteiger partial charge in [-0.25, -0.2) is 19.0 Å². The summed E-state index contributed by atoms with van der Waals surface area (Å²) in [5.74, 6) is -0.986. The molecule has 2 aromatic heterocycles. The largest absolute Gasteiger partial charge is 0.433 e. The number of aromatic nitrogens is 5. The highest BCUT2D eigenvalue weighted by molar-refractivity contribution is 5.91. The Morgan fingerprint density at radius 1 is 1.21 bits per heavy atom. The molecule has 1 amide bonds. The Bertz CT molecular complexity index is 1020. The molecule has 0 saturated carbocycles. The minimum absolute atomic E-state index is 0.00230. The van der Waals surface area contributed by atoms with Gasteiger partial charge >= 0.3 is 6.18 Å². The van der Waals surface area contributed by atoms with Crippen LogP contribution in [0.3, 0.4) is 0 Å². The summed E-state index contributed by atoms with van der Waals surface area (Å²) in [5.41, 5.74) is -0.448. The van der Waals surface area contributed by atoms with Crippen molar-refractivity contribution in [3.8, 4) is 0 Å². The smallest absolute Gasteiger partial charge is 0.350 e. The Hall–Kier alpha value is -3.37. The molecule has 3 aromatic rings. The molecule has 0 aliphatic rings. The first kappa shape index (κ1) is 20.4. The third kappa shape index (κ3) is 5.33. The second-order valence-corrected chi connectivity index (χ2v) is 6.21. The number of hydrogen-bond acceptors (Lipinski definition) is 5. The van der Waals surface area contributed by atoms with E-state index in [2.05, 4.69) is 25.6 Å². The number of carbonyl (C=O) groups is 1. The number of aryl methyl sites for hydroxylation is 1. The van der Waals surface area contributed by atoms with Gasteiger partial charge in [0.25, 0.3) is 5.91 Å². The van der Waals surface area contributed by atoms with E-state index in [-0.39, 0.29) is 36.7 Å². The Labute approximate surface area is 162 Å². The number of carbonyl (C=O) groups excluding carboxylic acids is 1. The molecule has 0 unspecified atom stereocenters. The van der Waals surface area contributed by atoms with Crippen molar-refractivity contribution in [2.24, 2.45) is 0 Å². The number of hydrogen-bond donors (Lipinski definition) is 1. The van der Waals surface area contributed by atoms with Gasteiger partial charge in [0.2, 0.25) is 0 Å². The van der Waals surface area contributed by atoms with E-state index in [4.69, 9.17) is 0 Å².